The van der Waals surface area contributed by atoms with Crippen molar-refractivity contribution in [2.24, 2.45) is 7.05 Å². The fourth-order valence-corrected chi connectivity index (χ4v) is 3.33. The zero-order chi connectivity index (χ0) is 20.4. The van der Waals surface area contributed by atoms with Gasteiger partial charge in [0.2, 0.25) is 5.91 Å². The molecule has 1 N–H and O–H groups in total. The van der Waals surface area contributed by atoms with Gasteiger partial charge in [0.15, 0.2) is 0 Å². The molecule has 0 atom stereocenters. The third kappa shape index (κ3) is 3.77. The van der Waals surface area contributed by atoms with Gasteiger partial charge in [0.1, 0.15) is 12.4 Å². The monoisotopic (exact) mass is 387 g/mol. The van der Waals surface area contributed by atoms with Crippen LogP contribution in [0.5, 0.6) is 0 Å². The second-order valence-electron chi connectivity index (χ2n) is 6.76. The highest BCUT2D eigenvalue weighted by atomic mass is 16.2. The SMILES string of the molecule is Cc1nccnc1-c1cnn(CC(=O)Nc2c(-c3ccccc3)c(C)nn2C)c1. The van der Waals surface area contributed by atoms with Gasteiger partial charge in [-0.05, 0) is 19.4 Å². The Morgan fingerprint density at radius 2 is 1.79 bits per heavy atom. The first-order valence-electron chi connectivity index (χ1n) is 9.22. The molecule has 3 aromatic heterocycles. The zero-order valence-electron chi connectivity index (χ0n) is 16.5. The van der Waals surface area contributed by atoms with Crippen molar-refractivity contribution in [2.75, 3.05) is 5.32 Å². The van der Waals surface area contributed by atoms with Crippen LogP contribution in [-0.2, 0) is 18.4 Å². The van der Waals surface area contributed by atoms with Crippen LogP contribution < -0.4 is 5.32 Å². The molecule has 3 heterocycles. The van der Waals surface area contributed by atoms with Crippen molar-refractivity contribution in [1.82, 2.24) is 29.5 Å². The van der Waals surface area contributed by atoms with E-state index in [1.165, 1.54) is 0 Å². The predicted octanol–water partition coefficient (Wildman–Crippen LogP) is 3.00. The number of hydrogen-bond acceptors (Lipinski definition) is 5. The van der Waals surface area contributed by atoms with Crippen LogP contribution in [-0.4, -0.2) is 35.4 Å². The van der Waals surface area contributed by atoms with Gasteiger partial charge in [-0.2, -0.15) is 10.2 Å². The highest BCUT2D eigenvalue weighted by Crippen LogP contribution is 2.30. The number of amides is 1. The minimum atomic E-state index is -0.185. The van der Waals surface area contributed by atoms with E-state index in [1.807, 2.05) is 51.2 Å². The number of hydrogen-bond donors (Lipinski definition) is 1. The van der Waals surface area contributed by atoms with Crippen LogP contribution in [0, 0.1) is 13.8 Å². The molecule has 1 amide bonds. The molecule has 0 fully saturated rings. The van der Waals surface area contributed by atoms with E-state index in [0.29, 0.717) is 5.82 Å². The lowest BCUT2D eigenvalue weighted by Crippen LogP contribution is -2.21. The quantitative estimate of drug-likeness (QED) is 0.568. The first-order valence-corrected chi connectivity index (χ1v) is 9.22. The van der Waals surface area contributed by atoms with Crippen LogP contribution >= 0.6 is 0 Å². The maximum Gasteiger partial charge on any atom is 0.247 e. The van der Waals surface area contributed by atoms with Gasteiger partial charge < -0.3 is 5.32 Å². The Morgan fingerprint density at radius 1 is 1.03 bits per heavy atom. The Bertz CT molecular complexity index is 1160. The summed E-state index contributed by atoms with van der Waals surface area (Å²) in [7, 11) is 1.82. The maximum atomic E-state index is 12.7. The van der Waals surface area contributed by atoms with Crippen molar-refractivity contribution in [1.29, 1.82) is 0 Å². The van der Waals surface area contributed by atoms with Crippen LogP contribution in [0.2, 0.25) is 0 Å². The van der Waals surface area contributed by atoms with Crippen molar-refractivity contribution >= 4 is 11.7 Å². The van der Waals surface area contributed by atoms with Crippen molar-refractivity contribution in [3.63, 3.8) is 0 Å². The maximum absolute atomic E-state index is 12.7. The summed E-state index contributed by atoms with van der Waals surface area (Å²) in [6.45, 7) is 3.90. The number of carbonyl (C=O) groups is 1. The second-order valence-corrected chi connectivity index (χ2v) is 6.76. The third-order valence-corrected chi connectivity index (χ3v) is 4.64. The van der Waals surface area contributed by atoms with E-state index < -0.39 is 0 Å². The molecule has 0 spiro atoms. The third-order valence-electron chi connectivity index (χ3n) is 4.64. The summed E-state index contributed by atoms with van der Waals surface area (Å²) in [5.74, 6) is 0.478. The van der Waals surface area contributed by atoms with Gasteiger partial charge in [0.25, 0.3) is 0 Å². The van der Waals surface area contributed by atoms with Gasteiger partial charge in [0, 0.05) is 36.8 Å². The van der Waals surface area contributed by atoms with E-state index in [0.717, 1.165) is 33.8 Å². The molecule has 29 heavy (non-hydrogen) atoms. The normalized spacial score (nSPS) is 10.9. The van der Waals surface area contributed by atoms with E-state index in [2.05, 4.69) is 25.5 Å². The number of rotatable bonds is 5. The van der Waals surface area contributed by atoms with E-state index in [9.17, 15) is 4.79 Å². The molecule has 0 aliphatic carbocycles. The Morgan fingerprint density at radius 3 is 2.55 bits per heavy atom. The number of carbonyl (C=O) groups excluding carboxylic acids is 1. The molecule has 0 saturated heterocycles. The molecule has 0 radical (unpaired) electrons. The molecular weight excluding hydrogens is 366 g/mol. The van der Waals surface area contributed by atoms with Crippen molar-refractivity contribution in [2.45, 2.75) is 20.4 Å². The average Bonchev–Trinajstić information content (AvgIpc) is 3.27. The van der Waals surface area contributed by atoms with Crippen molar-refractivity contribution in [3.8, 4) is 22.4 Å². The molecule has 8 heteroatoms. The highest BCUT2D eigenvalue weighted by Gasteiger charge is 2.18. The van der Waals surface area contributed by atoms with Crippen LogP contribution in [0.15, 0.2) is 55.1 Å². The van der Waals surface area contributed by atoms with E-state index >= 15 is 0 Å². The summed E-state index contributed by atoms with van der Waals surface area (Å²) in [4.78, 5) is 21.3. The summed E-state index contributed by atoms with van der Waals surface area (Å²) in [6.07, 6.45) is 6.77. The molecule has 8 nitrogen and oxygen atoms in total. The van der Waals surface area contributed by atoms with E-state index in [4.69, 9.17) is 0 Å². The lowest BCUT2D eigenvalue weighted by Gasteiger charge is -2.09. The molecule has 146 valence electrons. The number of nitrogens with zero attached hydrogens (tertiary/aromatic N) is 6. The van der Waals surface area contributed by atoms with Gasteiger partial charge in [-0.1, -0.05) is 30.3 Å². The van der Waals surface area contributed by atoms with Crippen LogP contribution in [0.1, 0.15) is 11.4 Å². The Balaban J connectivity index is 1.54. The van der Waals surface area contributed by atoms with Gasteiger partial charge in [-0.25, -0.2) is 0 Å². The van der Waals surface area contributed by atoms with Gasteiger partial charge in [0.05, 0.1) is 23.3 Å². The summed E-state index contributed by atoms with van der Waals surface area (Å²) in [5, 5.41) is 11.7. The average molecular weight is 387 g/mol. The number of benzene rings is 1. The summed E-state index contributed by atoms with van der Waals surface area (Å²) in [5.41, 5.74) is 5.17. The molecular formula is C21H21N7O. The molecule has 0 unspecified atom stereocenters. The molecule has 0 aliphatic rings. The van der Waals surface area contributed by atoms with Crippen molar-refractivity contribution < 1.29 is 4.79 Å². The lowest BCUT2D eigenvalue weighted by atomic mass is 10.1. The summed E-state index contributed by atoms with van der Waals surface area (Å²) >= 11 is 0. The van der Waals surface area contributed by atoms with E-state index in [1.54, 1.807) is 34.2 Å². The highest BCUT2D eigenvalue weighted by molar-refractivity contribution is 5.94. The van der Waals surface area contributed by atoms with Gasteiger partial charge in [-0.15, -0.1) is 0 Å². The molecule has 4 rings (SSSR count). The van der Waals surface area contributed by atoms with Gasteiger partial charge >= 0.3 is 0 Å². The molecule has 4 aromatic rings. The summed E-state index contributed by atoms with van der Waals surface area (Å²) < 4.78 is 3.28. The largest absolute Gasteiger partial charge is 0.309 e. The number of aryl methyl sites for hydroxylation is 3. The number of aromatic nitrogens is 6. The second kappa shape index (κ2) is 7.67. The lowest BCUT2D eigenvalue weighted by molar-refractivity contribution is -0.116. The first-order chi connectivity index (χ1) is 14.0. The fraction of sp³-hybridized carbons (Fsp3) is 0.190. The van der Waals surface area contributed by atoms with Crippen LogP contribution in [0.3, 0.4) is 0 Å². The summed E-state index contributed by atoms with van der Waals surface area (Å²) in [6, 6.07) is 9.90. The molecule has 0 bridgehead atoms. The number of anilines is 1. The Hall–Kier alpha value is -3.81. The van der Waals surface area contributed by atoms with Crippen LogP contribution in [0.4, 0.5) is 5.82 Å². The predicted molar refractivity (Wildman–Crippen MR) is 110 cm³/mol. The Kier molecular flexibility index (Phi) is 4.90. The molecule has 0 saturated carbocycles. The minimum absolute atomic E-state index is 0.0811. The van der Waals surface area contributed by atoms with Crippen LogP contribution in [0.25, 0.3) is 22.4 Å². The first kappa shape index (κ1) is 18.5. The fourth-order valence-electron chi connectivity index (χ4n) is 3.33. The smallest absolute Gasteiger partial charge is 0.247 e. The number of nitrogens with one attached hydrogen (secondary N) is 1. The minimum Gasteiger partial charge on any atom is -0.309 e. The van der Waals surface area contributed by atoms with Crippen molar-refractivity contribution in [3.05, 3.63) is 66.5 Å². The van der Waals surface area contributed by atoms with Gasteiger partial charge in [-0.3, -0.25) is 24.1 Å². The topological polar surface area (TPSA) is 90.5 Å². The Labute approximate surface area is 168 Å². The zero-order valence-corrected chi connectivity index (χ0v) is 16.5. The standard InChI is InChI=1S/C21H21N7O/c1-14-19(16-7-5-4-6-8-16)21(27(3)26-14)25-18(29)13-28-12-17(11-24-28)20-15(2)22-9-10-23-20/h4-12H,13H2,1-3H3,(H,25,29). The molecule has 0 aliphatic heterocycles. The molecule has 1 aromatic carbocycles. The van der Waals surface area contributed by atoms with E-state index in [-0.39, 0.29) is 12.5 Å².